The Morgan fingerprint density at radius 3 is 1.65 bits per heavy atom. The van der Waals surface area contributed by atoms with E-state index in [4.69, 9.17) is 9.97 Å². The Hall–Kier alpha value is -6.58. The van der Waals surface area contributed by atoms with Crippen LogP contribution in [0.2, 0.25) is 0 Å². The maximum absolute atomic E-state index is 5.20. The first kappa shape index (κ1) is 27.5. The highest BCUT2D eigenvalue weighted by Gasteiger charge is 2.18. The smallest absolute Gasteiger partial charge is 0.235 e. The molecule has 3 heteroatoms. The van der Waals surface area contributed by atoms with Crippen LogP contribution in [0.4, 0.5) is 0 Å². The van der Waals surface area contributed by atoms with Crippen molar-refractivity contribution in [3.05, 3.63) is 176 Å². The monoisotopic (exact) mass is 623 g/mol. The summed E-state index contributed by atoms with van der Waals surface area (Å²) in [6, 6.07) is 62.7. The summed E-state index contributed by atoms with van der Waals surface area (Å²) in [5.74, 6) is 0.658. The van der Waals surface area contributed by atoms with Crippen molar-refractivity contribution in [1.82, 2.24) is 14.5 Å². The number of nitrogens with zero attached hydrogens (tertiary/aromatic N) is 3. The molecule has 0 aliphatic heterocycles. The van der Waals surface area contributed by atoms with Crippen LogP contribution in [-0.4, -0.2) is 14.5 Å². The number of aromatic nitrogens is 3. The number of hydrogen-bond donors (Lipinski definition) is 0. The van der Waals surface area contributed by atoms with Gasteiger partial charge in [0.15, 0.2) is 0 Å². The SMILES string of the molecule is c1ccc(-c2cc(-c3ccccc3)nc(-n3c4ccccc4c4c5ccc(-c6ccc7ccc8ccccc8c7c6)cc5ccc43)n2)cc1. The predicted molar refractivity (Wildman–Crippen MR) is 205 cm³/mol. The van der Waals surface area contributed by atoms with Crippen molar-refractivity contribution in [2.75, 3.05) is 0 Å². The van der Waals surface area contributed by atoms with Crippen molar-refractivity contribution in [2.24, 2.45) is 0 Å². The minimum Gasteiger partial charge on any atom is -0.278 e. The van der Waals surface area contributed by atoms with Crippen molar-refractivity contribution >= 4 is 54.1 Å². The molecule has 49 heavy (non-hydrogen) atoms. The van der Waals surface area contributed by atoms with Crippen LogP contribution in [-0.2, 0) is 0 Å². The van der Waals surface area contributed by atoms with E-state index >= 15 is 0 Å². The van der Waals surface area contributed by atoms with Gasteiger partial charge in [0.2, 0.25) is 5.95 Å². The second-order valence-corrected chi connectivity index (χ2v) is 12.6. The van der Waals surface area contributed by atoms with Crippen molar-refractivity contribution in [3.63, 3.8) is 0 Å². The normalized spacial score (nSPS) is 11.7. The lowest BCUT2D eigenvalue weighted by Gasteiger charge is -2.12. The molecule has 0 atom stereocenters. The van der Waals surface area contributed by atoms with E-state index in [9.17, 15) is 0 Å². The van der Waals surface area contributed by atoms with Gasteiger partial charge in [-0.2, -0.15) is 0 Å². The van der Waals surface area contributed by atoms with E-state index in [0.29, 0.717) is 5.95 Å². The molecule has 0 unspecified atom stereocenters. The molecule has 10 rings (SSSR count). The highest BCUT2D eigenvalue weighted by molar-refractivity contribution is 6.21. The maximum Gasteiger partial charge on any atom is 0.235 e. The fraction of sp³-hybridized carbons (Fsp3) is 0. The van der Waals surface area contributed by atoms with Crippen LogP contribution in [0.5, 0.6) is 0 Å². The molecule has 2 heterocycles. The summed E-state index contributed by atoms with van der Waals surface area (Å²) in [5.41, 5.74) is 8.49. The molecule has 0 amide bonds. The van der Waals surface area contributed by atoms with E-state index in [1.807, 2.05) is 12.1 Å². The summed E-state index contributed by atoms with van der Waals surface area (Å²) in [6.07, 6.45) is 0. The highest BCUT2D eigenvalue weighted by atomic mass is 15.2. The lowest BCUT2D eigenvalue weighted by molar-refractivity contribution is 0.996. The molecule has 3 nitrogen and oxygen atoms in total. The van der Waals surface area contributed by atoms with E-state index in [2.05, 4.69) is 168 Å². The van der Waals surface area contributed by atoms with Crippen LogP contribution in [0, 0.1) is 0 Å². The van der Waals surface area contributed by atoms with E-state index in [1.54, 1.807) is 0 Å². The molecular weight excluding hydrogens is 595 g/mol. The zero-order valence-corrected chi connectivity index (χ0v) is 26.6. The predicted octanol–water partition coefficient (Wildman–Crippen LogP) is 12.0. The van der Waals surface area contributed by atoms with Crippen molar-refractivity contribution < 1.29 is 0 Å². The number of fused-ring (bicyclic) bond motifs is 8. The molecule has 0 N–H and O–H groups in total. The first-order valence-corrected chi connectivity index (χ1v) is 16.7. The van der Waals surface area contributed by atoms with E-state index in [1.165, 1.54) is 54.2 Å². The third-order valence-corrected chi connectivity index (χ3v) is 9.79. The lowest BCUT2D eigenvalue weighted by atomic mass is 9.95. The zero-order valence-electron chi connectivity index (χ0n) is 26.6. The van der Waals surface area contributed by atoms with Crippen LogP contribution >= 0.6 is 0 Å². The molecule has 228 valence electrons. The Bertz CT molecular complexity index is 2810. The first-order valence-electron chi connectivity index (χ1n) is 16.7. The molecule has 0 saturated heterocycles. The molecule has 2 aromatic heterocycles. The molecule has 8 aromatic carbocycles. The molecule has 0 aliphatic rings. The molecule has 0 aliphatic carbocycles. The number of hydrogen-bond acceptors (Lipinski definition) is 2. The van der Waals surface area contributed by atoms with Gasteiger partial charge in [-0.1, -0.05) is 146 Å². The molecule has 0 radical (unpaired) electrons. The van der Waals surface area contributed by atoms with Gasteiger partial charge in [-0.05, 0) is 73.8 Å². The molecule has 0 saturated carbocycles. The van der Waals surface area contributed by atoms with Crippen molar-refractivity contribution in [3.8, 4) is 39.6 Å². The standard InChI is InChI=1S/C46H29N3/c1-3-12-32(13-4-1)41-29-42(33-14-5-2-6-15-33)48-46(47-41)49-43-18-10-9-17-39(43)45-38-25-23-34(27-36(38)24-26-44(45)49)35-22-21-31-20-19-30-11-7-8-16-37(30)40(31)28-35/h1-29H. The third-order valence-electron chi connectivity index (χ3n) is 9.79. The van der Waals surface area contributed by atoms with Crippen molar-refractivity contribution in [1.29, 1.82) is 0 Å². The van der Waals surface area contributed by atoms with Gasteiger partial charge in [-0.15, -0.1) is 0 Å². The topological polar surface area (TPSA) is 30.7 Å². The van der Waals surface area contributed by atoms with Crippen LogP contribution in [0.15, 0.2) is 176 Å². The van der Waals surface area contributed by atoms with Gasteiger partial charge in [0, 0.05) is 21.9 Å². The number of para-hydroxylation sites is 1. The van der Waals surface area contributed by atoms with Crippen LogP contribution in [0.3, 0.4) is 0 Å². The highest BCUT2D eigenvalue weighted by Crippen LogP contribution is 2.39. The maximum atomic E-state index is 5.20. The van der Waals surface area contributed by atoms with Gasteiger partial charge < -0.3 is 0 Å². The van der Waals surface area contributed by atoms with E-state index < -0.39 is 0 Å². The Morgan fingerprint density at radius 2 is 0.898 bits per heavy atom. The average Bonchev–Trinajstić information content (AvgIpc) is 3.53. The molecular formula is C46H29N3. The fourth-order valence-corrected chi connectivity index (χ4v) is 7.42. The molecule has 0 bridgehead atoms. The molecule has 10 aromatic rings. The second kappa shape index (κ2) is 11.0. The Balaban J connectivity index is 1.18. The molecule has 0 spiro atoms. The van der Waals surface area contributed by atoms with Gasteiger partial charge in [0.25, 0.3) is 0 Å². The number of rotatable bonds is 4. The summed E-state index contributed by atoms with van der Waals surface area (Å²) in [5, 5.41) is 9.89. The molecule has 0 fully saturated rings. The first-order chi connectivity index (χ1) is 24.3. The second-order valence-electron chi connectivity index (χ2n) is 12.6. The Labute approximate surface area is 283 Å². The zero-order chi connectivity index (χ0) is 32.3. The van der Waals surface area contributed by atoms with Gasteiger partial charge >= 0.3 is 0 Å². The van der Waals surface area contributed by atoms with E-state index in [-0.39, 0.29) is 0 Å². The average molecular weight is 624 g/mol. The quantitative estimate of drug-likeness (QED) is 0.183. The van der Waals surface area contributed by atoms with Crippen LogP contribution < -0.4 is 0 Å². The lowest BCUT2D eigenvalue weighted by Crippen LogP contribution is -2.03. The number of benzene rings is 8. The minimum absolute atomic E-state index is 0.658. The van der Waals surface area contributed by atoms with Gasteiger partial charge in [0.1, 0.15) is 0 Å². The summed E-state index contributed by atoms with van der Waals surface area (Å²) in [4.78, 5) is 10.4. The largest absolute Gasteiger partial charge is 0.278 e. The summed E-state index contributed by atoms with van der Waals surface area (Å²) < 4.78 is 2.23. The van der Waals surface area contributed by atoms with Crippen LogP contribution in [0.1, 0.15) is 0 Å². The summed E-state index contributed by atoms with van der Waals surface area (Å²) in [7, 11) is 0. The Morgan fingerprint density at radius 1 is 0.327 bits per heavy atom. The van der Waals surface area contributed by atoms with Gasteiger partial charge in [-0.25, -0.2) is 9.97 Å². The van der Waals surface area contributed by atoms with E-state index in [0.717, 1.165) is 33.5 Å². The van der Waals surface area contributed by atoms with Crippen LogP contribution in [0.25, 0.3) is 93.7 Å². The summed E-state index contributed by atoms with van der Waals surface area (Å²) >= 11 is 0. The minimum atomic E-state index is 0.658. The van der Waals surface area contributed by atoms with Gasteiger partial charge in [0.05, 0.1) is 22.4 Å². The Kier molecular flexibility index (Phi) is 6.18. The van der Waals surface area contributed by atoms with Gasteiger partial charge in [-0.3, -0.25) is 4.57 Å². The third kappa shape index (κ3) is 4.51. The fourth-order valence-electron chi connectivity index (χ4n) is 7.42. The summed E-state index contributed by atoms with van der Waals surface area (Å²) in [6.45, 7) is 0. The van der Waals surface area contributed by atoms with Crippen molar-refractivity contribution in [2.45, 2.75) is 0 Å².